The van der Waals surface area contributed by atoms with E-state index in [0.29, 0.717) is 50.7 Å². The van der Waals surface area contributed by atoms with Gasteiger partial charge in [-0.05, 0) is 42.0 Å². The number of hydrogen-bond donors (Lipinski definition) is 3. The summed E-state index contributed by atoms with van der Waals surface area (Å²) in [6.07, 6.45) is -0.376. The lowest BCUT2D eigenvalue weighted by atomic mass is 9.97. The van der Waals surface area contributed by atoms with Gasteiger partial charge in [0.05, 0.1) is 17.9 Å². The molecule has 9 nitrogen and oxygen atoms in total. The molecule has 0 spiro atoms. The molecule has 198 valence electrons. The van der Waals surface area contributed by atoms with Crippen molar-refractivity contribution in [1.82, 2.24) is 9.97 Å². The van der Waals surface area contributed by atoms with E-state index in [9.17, 15) is 15.6 Å². The number of thioether (sulfide) groups is 1. The van der Waals surface area contributed by atoms with Crippen LogP contribution >= 0.6 is 23.4 Å². The minimum atomic E-state index is -1.00. The Morgan fingerprint density at radius 2 is 1.72 bits per heavy atom. The Kier molecular flexibility index (Phi) is 9.07. The molecule has 0 unspecified atom stereocenters. The zero-order valence-corrected chi connectivity index (χ0v) is 22.5. The third-order valence-corrected chi connectivity index (χ3v) is 6.99. The van der Waals surface area contributed by atoms with Crippen molar-refractivity contribution >= 4 is 29.2 Å². The molecule has 0 radical (unpaired) electrons. The molecule has 0 aliphatic rings. The van der Waals surface area contributed by atoms with Crippen molar-refractivity contribution in [2.75, 3.05) is 18.9 Å². The molecule has 0 saturated heterocycles. The van der Waals surface area contributed by atoms with Crippen molar-refractivity contribution < 1.29 is 19.4 Å². The number of nitrogens with two attached hydrogens (primary N) is 1. The maximum Gasteiger partial charge on any atom is 0.226 e. The molecule has 0 aliphatic carbocycles. The summed E-state index contributed by atoms with van der Waals surface area (Å²) in [6.45, 7) is 1.48. The number of aromatic nitrogens is 2. The smallest absolute Gasteiger partial charge is 0.226 e. The Balaban J connectivity index is 1.65. The number of aliphatic hydroxyl groups excluding tert-OH is 2. The first-order valence-electron chi connectivity index (χ1n) is 11.9. The molecule has 11 heteroatoms. The first-order valence-corrected chi connectivity index (χ1v) is 13.3. The SMILES string of the molecule is CCc1oc(-c2ccc(Cl)cc2)nc1CSc1nc(N)c(C#N)c(-c2ccc(OC[C@H](O)CO)cc2)c1C#N. The normalized spacial score (nSPS) is 11.5. The first kappa shape index (κ1) is 28.0. The summed E-state index contributed by atoms with van der Waals surface area (Å²) in [5, 5.41) is 39.3. The monoisotopic (exact) mass is 561 g/mol. The Bertz CT molecular complexity index is 1540. The molecular formula is C28H24ClN5O4S. The molecular weight excluding hydrogens is 538 g/mol. The molecule has 4 rings (SSSR count). The van der Waals surface area contributed by atoms with Crippen molar-refractivity contribution in [2.45, 2.75) is 30.2 Å². The number of aryl methyl sites for hydroxylation is 1. The van der Waals surface area contributed by atoms with Crippen LogP contribution in [0.25, 0.3) is 22.6 Å². The fraction of sp³-hybridized carbons (Fsp3) is 0.214. The van der Waals surface area contributed by atoms with Crippen LogP contribution in [0.1, 0.15) is 29.5 Å². The van der Waals surface area contributed by atoms with E-state index in [0.717, 1.165) is 11.3 Å². The lowest BCUT2D eigenvalue weighted by Crippen LogP contribution is -2.21. The predicted octanol–water partition coefficient (Wildman–Crippen LogP) is 4.97. The topological polar surface area (TPSA) is 162 Å². The van der Waals surface area contributed by atoms with Gasteiger partial charge in [0.15, 0.2) is 0 Å². The molecule has 2 aromatic carbocycles. The number of pyridine rings is 1. The molecule has 2 heterocycles. The number of nitriles is 2. The van der Waals surface area contributed by atoms with Crippen LogP contribution in [0.4, 0.5) is 5.82 Å². The summed E-state index contributed by atoms with van der Waals surface area (Å²) < 4.78 is 11.4. The molecule has 39 heavy (non-hydrogen) atoms. The van der Waals surface area contributed by atoms with Crippen LogP contribution in [0.3, 0.4) is 0 Å². The lowest BCUT2D eigenvalue weighted by molar-refractivity contribution is 0.0536. The van der Waals surface area contributed by atoms with Gasteiger partial charge in [0, 0.05) is 28.3 Å². The highest BCUT2D eigenvalue weighted by atomic mass is 35.5. The third-order valence-electron chi connectivity index (χ3n) is 5.75. The Hall–Kier alpha value is -4.06. The van der Waals surface area contributed by atoms with Crippen LogP contribution in [-0.4, -0.2) is 39.5 Å². The minimum Gasteiger partial charge on any atom is -0.491 e. The van der Waals surface area contributed by atoms with Crippen molar-refractivity contribution in [3.05, 3.63) is 76.1 Å². The molecule has 0 amide bonds. The largest absolute Gasteiger partial charge is 0.491 e. The molecule has 0 fully saturated rings. The van der Waals surface area contributed by atoms with E-state index in [-0.39, 0.29) is 23.6 Å². The maximum absolute atomic E-state index is 10.1. The fourth-order valence-corrected chi connectivity index (χ4v) is 4.86. The van der Waals surface area contributed by atoms with Gasteiger partial charge in [-0.3, -0.25) is 0 Å². The van der Waals surface area contributed by atoms with Crippen LogP contribution in [-0.2, 0) is 12.2 Å². The van der Waals surface area contributed by atoms with E-state index in [1.54, 1.807) is 36.4 Å². The van der Waals surface area contributed by atoms with E-state index in [1.165, 1.54) is 11.8 Å². The number of ether oxygens (including phenoxy) is 1. The van der Waals surface area contributed by atoms with Gasteiger partial charge >= 0.3 is 0 Å². The fourth-order valence-electron chi connectivity index (χ4n) is 3.78. The molecule has 0 bridgehead atoms. The molecule has 4 N–H and O–H groups in total. The van der Waals surface area contributed by atoms with Gasteiger partial charge < -0.3 is 25.1 Å². The summed E-state index contributed by atoms with van der Waals surface area (Å²) in [4.78, 5) is 9.03. The zero-order valence-electron chi connectivity index (χ0n) is 20.9. The van der Waals surface area contributed by atoms with E-state index >= 15 is 0 Å². The van der Waals surface area contributed by atoms with E-state index in [1.807, 2.05) is 19.1 Å². The van der Waals surface area contributed by atoms with Crippen LogP contribution in [0.15, 0.2) is 58.0 Å². The Morgan fingerprint density at radius 3 is 2.33 bits per heavy atom. The van der Waals surface area contributed by atoms with Crippen molar-refractivity contribution in [2.24, 2.45) is 0 Å². The third kappa shape index (κ3) is 6.33. The number of nitrogens with zero attached hydrogens (tertiary/aromatic N) is 4. The van der Waals surface area contributed by atoms with Crippen LogP contribution in [0.5, 0.6) is 5.75 Å². The van der Waals surface area contributed by atoms with Gasteiger partial charge in [-0.25, -0.2) is 9.97 Å². The second-order valence-electron chi connectivity index (χ2n) is 8.36. The summed E-state index contributed by atoms with van der Waals surface area (Å²) in [5.74, 6) is 2.02. The number of rotatable bonds is 10. The van der Waals surface area contributed by atoms with Gasteiger partial charge in [0.1, 0.15) is 52.8 Å². The molecule has 0 saturated carbocycles. The number of oxazole rings is 1. The summed E-state index contributed by atoms with van der Waals surface area (Å²) in [5.41, 5.74) is 8.94. The zero-order chi connectivity index (χ0) is 27.9. The van der Waals surface area contributed by atoms with Gasteiger partial charge in [-0.2, -0.15) is 10.5 Å². The van der Waals surface area contributed by atoms with Crippen molar-refractivity contribution in [1.29, 1.82) is 10.5 Å². The standard InChI is InChI=1S/C28H24ClN5O4S/c1-2-24-23(33-27(38-24)17-3-7-18(29)8-4-17)15-39-28-22(12-31)25(21(11-30)26(32)34-28)16-5-9-20(10-6-16)37-14-19(36)13-35/h3-10,19,35-36H,2,13-15H2,1H3,(H2,32,34)/t19-/m1/s1. The van der Waals surface area contributed by atoms with Crippen molar-refractivity contribution in [3.8, 4) is 40.5 Å². The second-order valence-corrected chi connectivity index (χ2v) is 9.76. The van der Waals surface area contributed by atoms with E-state index in [2.05, 4.69) is 22.1 Å². The highest BCUT2D eigenvalue weighted by Crippen LogP contribution is 2.38. The number of nitrogen functional groups attached to an aromatic ring is 1. The average molecular weight is 562 g/mol. The first-order chi connectivity index (χ1) is 18.9. The molecule has 1 atom stereocenters. The van der Waals surface area contributed by atoms with Gasteiger partial charge in [-0.15, -0.1) is 0 Å². The number of aliphatic hydroxyl groups is 2. The minimum absolute atomic E-state index is 0.0121. The number of hydrogen-bond acceptors (Lipinski definition) is 10. The van der Waals surface area contributed by atoms with E-state index in [4.69, 9.17) is 31.6 Å². The summed E-state index contributed by atoms with van der Waals surface area (Å²) in [7, 11) is 0. The second kappa shape index (κ2) is 12.7. The van der Waals surface area contributed by atoms with Crippen LogP contribution in [0, 0.1) is 22.7 Å². The number of halogens is 1. The summed E-state index contributed by atoms with van der Waals surface area (Å²) >= 11 is 7.28. The predicted molar refractivity (Wildman–Crippen MR) is 148 cm³/mol. The highest BCUT2D eigenvalue weighted by Gasteiger charge is 2.22. The molecule has 4 aromatic rings. The van der Waals surface area contributed by atoms with Gasteiger partial charge in [0.25, 0.3) is 0 Å². The Morgan fingerprint density at radius 1 is 1.05 bits per heavy atom. The maximum atomic E-state index is 10.1. The highest BCUT2D eigenvalue weighted by molar-refractivity contribution is 7.98. The van der Waals surface area contributed by atoms with Gasteiger partial charge in [-0.1, -0.05) is 42.4 Å². The lowest BCUT2D eigenvalue weighted by Gasteiger charge is -2.14. The summed E-state index contributed by atoms with van der Waals surface area (Å²) in [6, 6.07) is 18.1. The van der Waals surface area contributed by atoms with Crippen LogP contribution in [0.2, 0.25) is 5.02 Å². The Labute approximate surface area is 234 Å². The van der Waals surface area contributed by atoms with Gasteiger partial charge in [0.2, 0.25) is 5.89 Å². The number of benzene rings is 2. The van der Waals surface area contributed by atoms with Crippen molar-refractivity contribution in [3.63, 3.8) is 0 Å². The number of anilines is 1. The molecule has 0 aliphatic heterocycles. The van der Waals surface area contributed by atoms with E-state index < -0.39 is 12.7 Å². The average Bonchev–Trinajstić information content (AvgIpc) is 3.38. The quantitative estimate of drug-likeness (QED) is 0.225. The molecule has 2 aromatic heterocycles. The van der Waals surface area contributed by atoms with Crippen LogP contribution < -0.4 is 10.5 Å².